The third-order valence-corrected chi connectivity index (χ3v) is 4.34. The van der Waals surface area contributed by atoms with E-state index in [0.29, 0.717) is 6.54 Å². The van der Waals surface area contributed by atoms with Gasteiger partial charge in [-0.3, -0.25) is 4.79 Å². The van der Waals surface area contributed by atoms with Crippen molar-refractivity contribution in [3.05, 3.63) is 28.2 Å². The van der Waals surface area contributed by atoms with Crippen molar-refractivity contribution in [2.75, 3.05) is 13.1 Å². The van der Waals surface area contributed by atoms with Crippen LogP contribution in [-0.2, 0) is 6.54 Å². The van der Waals surface area contributed by atoms with E-state index in [4.69, 9.17) is 0 Å². The van der Waals surface area contributed by atoms with Crippen LogP contribution in [0.4, 0.5) is 0 Å². The summed E-state index contributed by atoms with van der Waals surface area (Å²) in [6.07, 6.45) is 5.63. The van der Waals surface area contributed by atoms with Crippen LogP contribution in [0.3, 0.4) is 0 Å². The quantitative estimate of drug-likeness (QED) is 0.876. The highest BCUT2D eigenvalue weighted by molar-refractivity contribution is 7.11. The molecule has 0 bridgehead atoms. The standard InChI is InChI=1S/C13H18N6OS/c1-9-5-15-11(21-9)7-16-13(20)12-17-8-19(18-12)10-3-2-4-14-6-10/h5,8,10,14H,2-4,6-7H2,1H3,(H,16,20)/t10-/m1/s1. The second-order valence-corrected chi connectivity index (χ2v) is 6.42. The molecule has 1 amide bonds. The van der Waals surface area contributed by atoms with E-state index in [0.717, 1.165) is 35.8 Å². The number of nitrogens with zero attached hydrogens (tertiary/aromatic N) is 4. The molecule has 1 aliphatic rings. The van der Waals surface area contributed by atoms with Crippen LogP contribution in [0.25, 0.3) is 0 Å². The van der Waals surface area contributed by atoms with Crippen LogP contribution in [0, 0.1) is 6.92 Å². The zero-order valence-corrected chi connectivity index (χ0v) is 12.7. The smallest absolute Gasteiger partial charge is 0.291 e. The summed E-state index contributed by atoms with van der Waals surface area (Å²) < 4.78 is 1.79. The Hall–Kier alpha value is -1.80. The first-order valence-electron chi connectivity index (χ1n) is 7.04. The van der Waals surface area contributed by atoms with Gasteiger partial charge in [-0.25, -0.2) is 14.6 Å². The molecule has 2 aromatic heterocycles. The molecule has 3 heterocycles. The second-order valence-electron chi connectivity index (χ2n) is 5.10. The van der Waals surface area contributed by atoms with Crippen molar-refractivity contribution < 1.29 is 4.79 Å². The van der Waals surface area contributed by atoms with Crippen molar-refractivity contribution in [1.29, 1.82) is 0 Å². The molecule has 0 radical (unpaired) electrons. The Morgan fingerprint density at radius 3 is 3.19 bits per heavy atom. The Morgan fingerprint density at radius 1 is 1.57 bits per heavy atom. The van der Waals surface area contributed by atoms with Gasteiger partial charge in [-0.1, -0.05) is 0 Å². The zero-order valence-electron chi connectivity index (χ0n) is 11.9. The molecule has 2 N–H and O–H groups in total. The van der Waals surface area contributed by atoms with Crippen LogP contribution >= 0.6 is 11.3 Å². The Labute approximate surface area is 126 Å². The van der Waals surface area contributed by atoms with Gasteiger partial charge in [0, 0.05) is 17.6 Å². The normalized spacial score (nSPS) is 18.6. The third-order valence-electron chi connectivity index (χ3n) is 3.43. The summed E-state index contributed by atoms with van der Waals surface area (Å²) in [4.78, 5) is 21.5. The summed E-state index contributed by atoms with van der Waals surface area (Å²) in [6.45, 7) is 4.33. The number of carbonyl (C=O) groups excluding carboxylic acids is 1. The molecular formula is C13H18N6OS. The molecule has 0 saturated carbocycles. The lowest BCUT2D eigenvalue weighted by Gasteiger charge is -2.22. The number of rotatable bonds is 4. The Bertz CT molecular complexity index is 616. The number of nitrogens with one attached hydrogen (secondary N) is 2. The predicted molar refractivity (Wildman–Crippen MR) is 79.2 cm³/mol. The van der Waals surface area contributed by atoms with Crippen LogP contribution in [0.2, 0.25) is 0 Å². The number of piperidine rings is 1. The van der Waals surface area contributed by atoms with E-state index < -0.39 is 0 Å². The number of aryl methyl sites for hydroxylation is 1. The second kappa shape index (κ2) is 6.31. The van der Waals surface area contributed by atoms with E-state index in [9.17, 15) is 4.79 Å². The summed E-state index contributed by atoms with van der Waals surface area (Å²) in [5, 5.41) is 11.3. The maximum absolute atomic E-state index is 12.0. The van der Waals surface area contributed by atoms with Gasteiger partial charge in [0.25, 0.3) is 5.91 Å². The van der Waals surface area contributed by atoms with Crippen LogP contribution in [0.1, 0.15) is 39.4 Å². The molecule has 3 rings (SSSR count). The largest absolute Gasteiger partial charge is 0.343 e. The number of carbonyl (C=O) groups is 1. The summed E-state index contributed by atoms with van der Waals surface area (Å²) in [6, 6.07) is 0.286. The lowest BCUT2D eigenvalue weighted by Crippen LogP contribution is -2.32. The number of hydrogen-bond acceptors (Lipinski definition) is 6. The average molecular weight is 306 g/mol. The zero-order chi connectivity index (χ0) is 14.7. The van der Waals surface area contributed by atoms with Crippen LogP contribution < -0.4 is 10.6 Å². The molecule has 0 aromatic carbocycles. The monoisotopic (exact) mass is 306 g/mol. The molecule has 0 spiro atoms. The molecule has 2 aromatic rings. The predicted octanol–water partition coefficient (Wildman–Crippen LogP) is 0.898. The van der Waals surface area contributed by atoms with Crippen molar-refractivity contribution in [2.24, 2.45) is 0 Å². The van der Waals surface area contributed by atoms with Crippen LogP contribution in [0.5, 0.6) is 0 Å². The van der Waals surface area contributed by atoms with Gasteiger partial charge in [0.05, 0.1) is 12.6 Å². The van der Waals surface area contributed by atoms with Crippen LogP contribution in [-0.4, -0.2) is 38.7 Å². The number of aromatic nitrogens is 4. The van der Waals surface area contributed by atoms with Gasteiger partial charge in [0.15, 0.2) is 0 Å². The molecule has 1 aliphatic heterocycles. The minimum Gasteiger partial charge on any atom is -0.343 e. The molecule has 1 fully saturated rings. The number of thiazole rings is 1. The van der Waals surface area contributed by atoms with Gasteiger partial charge in [-0.15, -0.1) is 16.4 Å². The van der Waals surface area contributed by atoms with Gasteiger partial charge >= 0.3 is 0 Å². The molecule has 0 aliphatic carbocycles. The van der Waals surface area contributed by atoms with Crippen molar-refractivity contribution in [1.82, 2.24) is 30.4 Å². The molecule has 7 nitrogen and oxygen atoms in total. The van der Waals surface area contributed by atoms with Crippen molar-refractivity contribution in [2.45, 2.75) is 32.4 Å². The lowest BCUT2D eigenvalue weighted by atomic mass is 10.1. The third kappa shape index (κ3) is 3.45. The number of hydrogen-bond donors (Lipinski definition) is 2. The topological polar surface area (TPSA) is 84.7 Å². The van der Waals surface area contributed by atoms with E-state index in [1.54, 1.807) is 28.5 Å². The van der Waals surface area contributed by atoms with Gasteiger partial charge in [-0.05, 0) is 26.3 Å². The highest BCUT2D eigenvalue weighted by Crippen LogP contribution is 2.15. The Balaban J connectivity index is 1.58. The van der Waals surface area contributed by atoms with E-state index in [1.165, 1.54) is 0 Å². The SMILES string of the molecule is Cc1cnc(CNC(=O)c2ncn([C@@H]3CCCNC3)n2)s1. The van der Waals surface area contributed by atoms with Gasteiger partial charge in [-0.2, -0.15) is 0 Å². The molecule has 0 unspecified atom stereocenters. The Kier molecular flexibility index (Phi) is 4.26. The van der Waals surface area contributed by atoms with E-state index >= 15 is 0 Å². The van der Waals surface area contributed by atoms with E-state index in [2.05, 4.69) is 25.7 Å². The van der Waals surface area contributed by atoms with Crippen LogP contribution in [0.15, 0.2) is 12.5 Å². The first-order chi connectivity index (χ1) is 10.2. The minimum atomic E-state index is -0.259. The summed E-state index contributed by atoms with van der Waals surface area (Å²) in [7, 11) is 0. The molecular weight excluding hydrogens is 288 g/mol. The minimum absolute atomic E-state index is 0.217. The lowest BCUT2D eigenvalue weighted by molar-refractivity contribution is 0.0939. The fourth-order valence-corrected chi connectivity index (χ4v) is 3.06. The van der Waals surface area contributed by atoms with Crippen molar-refractivity contribution in [3.63, 3.8) is 0 Å². The molecule has 21 heavy (non-hydrogen) atoms. The first kappa shape index (κ1) is 14.2. The highest BCUT2D eigenvalue weighted by atomic mass is 32.1. The summed E-state index contributed by atoms with van der Waals surface area (Å²) >= 11 is 1.57. The maximum Gasteiger partial charge on any atom is 0.291 e. The van der Waals surface area contributed by atoms with Gasteiger partial charge in [0.1, 0.15) is 11.3 Å². The first-order valence-corrected chi connectivity index (χ1v) is 7.85. The fraction of sp³-hybridized carbons (Fsp3) is 0.538. The van der Waals surface area contributed by atoms with E-state index in [1.807, 2.05) is 6.92 Å². The summed E-state index contributed by atoms with van der Waals surface area (Å²) in [5.41, 5.74) is 0. The molecule has 1 atom stereocenters. The highest BCUT2D eigenvalue weighted by Gasteiger charge is 2.18. The number of amides is 1. The fourth-order valence-electron chi connectivity index (χ4n) is 2.33. The van der Waals surface area contributed by atoms with Gasteiger partial charge in [0.2, 0.25) is 5.82 Å². The Morgan fingerprint density at radius 2 is 2.48 bits per heavy atom. The molecule has 8 heteroatoms. The van der Waals surface area contributed by atoms with Gasteiger partial charge < -0.3 is 10.6 Å². The van der Waals surface area contributed by atoms with Crippen molar-refractivity contribution in [3.8, 4) is 0 Å². The molecule has 112 valence electrons. The summed E-state index contributed by atoms with van der Waals surface area (Å²) in [5.74, 6) is -0.0424. The van der Waals surface area contributed by atoms with Crippen molar-refractivity contribution >= 4 is 17.2 Å². The molecule has 1 saturated heterocycles. The van der Waals surface area contributed by atoms with E-state index in [-0.39, 0.29) is 17.8 Å². The average Bonchev–Trinajstić information content (AvgIpc) is 3.15. The maximum atomic E-state index is 12.0.